The molecule has 8 heteroatoms. The number of hydrogen-bond acceptors (Lipinski definition) is 5. The van der Waals surface area contributed by atoms with Gasteiger partial charge in [0.25, 0.3) is 0 Å². The summed E-state index contributed by atoms with van der Waals surface area (Å²) in [4.78, 5) is 19.8. The highest BCUT2D eigenvalue weighted by Gasteiger charge is 2.25. The first-order chi connectivity index (χ1) is 14.5. The summed E-state index contributed by atoms with van der Waals surface area (Å²) in [5.41, 5.74) is 1.18. The molecule has 0 saturated carbocycles. The van der Waals surface area contributed by atoms with Gasteiger partial charge in [-0.3, -0.25) is 4.79 Å². The van der Waals surface area contributed by atoms with Crippen LogP contribution in [-0.4, -0.2) is 42.0 Å². The number of anilines is 1. The fraction of sp³-hybridized carbons (Fsp3) is 0.545. The van der Waals surface area contributed by atoms with Crippen molar-refractivity contribution in [2.45, 2.75) is 45.4 Å². The summed E-state index contributed by atoms with van der Waals surface area (Å²) in [6.07, 6.45) is 5.28. The third-order valence-electron chi connectivity index (χ3n) is 5.82. The number of carbonyl (C=O) groups is 1. The van der Waals surface area contributed by atoms with E-state index in [0.717, 1.165) is 61.4 Å². The van der Waals surface area contributed by atoms with Crippen molar-refractivity contribution in [3.05, 3.63) is 28.6 Å². The van der Waals surface area contributed by atoms with Gasteiger partial charge in [-0.2, -0.15) is 0 Å². The van der Waals surface area contributed by atoms with Gasteiger partial charge in [-0.25, -0.2) is 13.8 Å². The minimum absolute atomic E-state index is 0.275. The number of nitrogens with zero attached hydrogens (tertiary/aromatic N) is 2. The van der Waals surface area contributed by atoms with Crippen LogP contribution < -0.4 is 10.1 Å². The fourth-order valence-electron chi connectivity index (χ4n) is 4.00. The first kappa shape index (κ1) is 21.0. The van der Waals surface area contributed by atoms with Gasteiger partial charge in [-0.1, -0.05) is 13.3 Å². The minimum Gasteiger partial charge on any atom is -0.492 e. The van der Waals surface area contributed by atoms with Crippen molar-refractivity contribution in [2.75, 3.05) is 31.6 Å². The molecule has 1 aromatic carbocycles. The van der Waals surface area contributed by atoms with Crippen LogP contribution in [0.2, 0.25) is 0 Å². The Bertz CT molecular complexity index is 910. The van der Waals surface area contributed by atoms with E-state index >= 15 is 0 Å². The summed E-state index contributed by atoms with van der Waals surface area (Å²) in [5.74, 6) is -0.703. The van der Waals surface area contributed by atoms with Crippen molar-refractivity contribution in [2.24, 2.45) is 5.92 Å². The molecule has 5 nitrogen and oxygen atoms in total. The van der Waals surface area contributed by atoms with E-state index in [-0.39, 0.29) is 5.91 Å². The molecule has 162 valence electrons. The molecule has 0 spiro atoms. The van der Waals surface area contributed by atoms with Gasteiger partial charge in [-0.05, 0) is 31.2 Å². The highest BCUT2D eigenvalue weighted by atomic mass is 32.1. The highest BCUT2D eigenvalue weighted by Crippen LogP contribution is 2.40. The molecule has 1 fully saturated rings. The lowest BCUT2D eigenvalue weighted by atomic mass is 9.96. The summed E-state index contributed by atoms with van der Waals surface area (Å²) in [7, 11) is 0. The van der Waals surface area contributed by atoms with E-state index in [1.165, 1.54) is 6.07 Å². The van der Waals surface area contributed by atoms with Crippen molar-refractivity contribution in [3.8, 4) is 17.0 Å². The number of halogens is 2. The quantitative estimate of drug-likeness (QED) is 0.704. The van der Waals surface area contributed by atoms with Gasteiger partial charge in [0.05, 0.1) is 12.3 Å². The van der Waals surface area contributed by atoms with Crippen LogP contribution in [-0.2, 0) is 11.2 Å². The third kappa shape index (κ3) is 4.58. The molecule has 0 aliphatic carbocycles. The maximum Gasteiger partial charge on any atom is 0.222 e. The van der Waals surface area contributed by atoms with E-state index in [9.17, 15) is 13.6 Å². The monoisotopic (exact) mass is 435 g/mol. The summed E-state index contributed by atoms with van der Waals surface area (Å²) in [6.45, 7) is 4.95. The largest absolute Gasteiger partial charge is 0.492 e. The number of carbonyl (C=O) groups excluding carboxylic acids is 1. The number of likely N-dealkylation sites (tertiary alicyclic amines) is 1. The number of fused-ring (bicyclic) bond motifs is 3. The summed E-state index contributed by atoms with van der Waals surface area (Å²) in [6, 6.07) is 2.27. The predicted octanol–water partition coefficient (Wildman–Crippen LogP) is 4.86. The molecule has 1 saturated heterocycles. The van der Waals surface area contributed by atoms with Crippen LogP contribution in [0.3, 0.4) is 0 Å². The number of hydrogen-bond donors (Lipinski definition) is 1. The van der Waals surface area contributed by atoms with Gasteiger partial charge in [0.1, 0.15) is 5.75 Å². The molecule has 0 unspecified atom stereocenters. The Kier molecular flexibility index (Phi) is 6.51. The minimum atomic E-state index is -0.912. The first-order valence-electron chi connectivity index (χ1n) is 10.7. The van der Waals surface area contributed by atoms with Crippen molar-refractivity contribution in [1.29, 1.82) is 0 Å². The Hall–Kier alpha value is -2.22. The van der Waals surface area contributed by atoms with Crippen LogP contribution in [0.15, 0.2) is 12.1 Å². The zero-order valence-electron chi connectivity index (χ0n) is 17.2. The van der Waals surface area contributed by atoms with E-state index in [4.69, 9.17) is 4.74 Å². The Balaban J connectivity index is 1.37. The lowest BCUT2D eigenvalue weighted by Gasteiger charge is -2.32. The van der Waals surface area contributed by atoms with Crippen LogP contribution in [0, 0.1) is 17.6 Å². The van der Waals surface area contributed by atoms with E-state index in [2.05, 4.69) is 17.2 Å². The second-order valence-electron chi connectivity index (χ2n) is 7.96. The molecule has 0 atom stereocenters. The number of thiazole rings is 1. The van der Waals surface area contributed by atoms with Crippen LogP contribution in [0.5, 0.6) is 5.75 Å². The molecule has 4 rings (SSSR count). The highest BCUT2D eigenvalue weighted by molar-refractivity contribution is 7.16. The van der Waals surface area contributed by atoms with E-state index in [1.807, 2.05) is 4.90 Å². The maximum absolute atomic E-state index is 13.8. The summed E-state index contributed by atoms with van der Waals surface area (Å²) in [5, 5.41) is 4.21. The molecule has 0 radical (unpaired) electrons. The molecule has 0 bridgehead atoms. The van der Waals surface area contributed by atoms with Crippen molar-refractivity contribution >= 4 is 22.4 Å². The summed E-state index contributed by atoms with van der Waals surface area (Å²) < 4.78 is 32.9. The molecule has 1 N–H and O–H groups in total. The van der Waals surface area contributed by atoms with Gasteiger partial charge < -0.3 is 15.0 Å². The molecule has 3 heterocycles. The number of rotatable bonds is 6. The molecule has 30 heavy (non-hydrogen) atoms. The number of benzene rings is 1. The van der Waals surface area contributed by atoms with Gasteiger partial charge in [0, 0.05) is 49.0 Å². The van der Waals surface area contributed by atoms with Gasteiger partial charge >= 0.3 is 0 Å². The second kappa shape index (κ2) is 9.29. The number of ether oxygens (including phenoxy) is 1. The number of amides is 1. The molecule has 2 aliphatic heterocycles. The average molecular weight is 436 g/mol. The van der Waals surface area contributed by atoms with Crippen LogP contribution >= 0.6 is 11.3 Å². The molecule has 1 amide bonds. The zero-order valence-corrected chi connectivity index (χ0v) is 18.0. The lowest BCUT2D eigenvalue weighted by molar-refractivity contribution is -0.132. The van der Waals surface area contributed by atoms with E-state index < -0.39 is 11.6 Å². The van der Waals surface area contributed by atoms with Gasteiger partial charge in [0.2, 0.25) is 5.91 Å². The molecular formula is C22H27F2N3O2S. The van der Waals surface area contributed by atoms with Crippen molar-refractivity contribution < 1.29 is 18.3 Å². The molecule has 1 aromatic heterocycles. The lowest BCUT2D eigenvalue weighted by Crippen LogP contribution is -2.39. The van der Waals surface area contributed by atoms with Crippen molar-refractivity contribution in [3.63, 3.8) is 0 Å². The van der Waals surface area contributed by atoms with Crippen LogP contribution in [0.4, 0.5) is 13.9 Å². The van der Waals surface area contributed by atoms with Crippen molar-refractivity contribution in [1.82, 2.24) is 9.88 Å². The predicted molar refractivity (Wildman–Crippen MR) is 114 cm³/mol. The molecule has 2 aliphatic rings. The van der Waals surface area contributed by atoms with E-state index in [0.29, 0.717) is 42.4 Å². The topological polar surface area (TPSA) is 54.5 Å². The Morgan fingerprint density at radius 3 is 2.83 bits per heavy atom. The van der Waals surface area contributed by atoms with Crippen LogP contribution in [0.1, 0.15) is 43.9 Å². The van der Waals surface area contributed by atoms with Crippen LogP contribution in [0.25, 0.3) is 11.3 Å². The fourth-order valence-corrected chi connectivity index (χ4v) is 4.96. The maximum atomic E-state index is 13.8. The standard InChI is InChI=1S/C22H27F2N3O2S/c1-2-3-4-20(28)27-8-5-14(6-9-27)13-25-22-26-21-15-11-16(23)17(24)12-18(15)29-10-7-19(21)30-22/h11-12,14H,2-10,13H2,1H3,(H,25,26). The Morgan fingerprint density at radius 1 is 1.30 bits per heavy atom. The smallest absolute Gasteiger partial charge is 0.222 e. The summed E-state index contributed by atoms with van der Waals surface area (Å²) >= 11 is 1.54. The van der Waals surface area contributed by atoms with E-state index in [1.54, 1.807) is 11.3 Å². The second-order valence-corrected chi connectivity index (χ2v) is 9.04. The normalized spacial score (nSPS) is 16.4. The zero-order chi connectivity index (χ0) is 21.1. The Labute approximate surface area is 179 Å². The van der Waals surface area contributed by atoms with Gasteiger partial charge in [-0.15, -0.1) is 11.3 Å². The SMILES string of the molecule is CCCCC(=O)N1CCC(CNc2nc3c(s2)CCOc2cc(F)c(F)cc2-3)CC1. The van der Waals surface area contributed by atoms with Gasteiger partial charge in [0.15, 0.2) is 16.8 Å². The number of piperidine rings is 1. The number of aromatic nitrogens is 1. The Morgan fingerprint density at radius 2 is 2.07 bits per heavy atom. The number of nitrogens with one attached hydrogen (secondary N) is 1. The average Bonchev–Trinajstić information content (AvgIpc) is 3.09. The number of unbranched alkanes of at least 4 members (excludes halogenated alkanes) is 1. The third-order valence-corrected chi connectivity index (χ3v) is 6.89. The molecule has 2 aromatic rings. The first-order valence-corrected chi connectivity index (χ1v) is 11.5. The molecular weight excluding hydrogens is 408 g/mol.